The number of rotatable bonds is 4. The molecule has 0 aliphatic rings. The van der Waals surface area contributed by atoms with Crippen molar-refractivity contribution in [1.29, 1.82) is 0 Å². The van der Waals surface area contributed by atoms with Crippen LogP contribution in [0.15, 0.2) is 36.4 Å². The third-order valence-corrected chi connectivity index (χ3v) is 1.99. The van der Waals surface area contributed by atoms with Gasteiger partial charge >= 0.3 is 5.97 Å². The number of benzene rings is 1. The zero-order chi connectivity index (χ0) is 12.7. The average Bonchev–Trinajstić information content (AvgIpc) is 2.27. The second-order valence-electron chi connectivity index (χ2n) is 3.17. The van der Waals surface area contributed by atoms with Gasteiger partial charge in [-0.3, -0.25) is 4.79 Å². The number of amides is 1. The summed E-state index contributed by atoms with van der Waals surface area (Å²) in [7, 11) is 0. The Labute approximate surface area is 104 Å². The first kappa shape index (κ1) is 13.3. The van der Waals surface area contributed by atoms with E-state index in [4.69, 9.17) is 11.6 Å². The zero-order valence-electron chi connectivity index (χ0n) is 9.27. The van der Waals surface area contributed by atoms with Gasteiger partial charge in [0, 0.05) is 16.8 Å². The maximum absolute atomic E-state index is 11.4. The Kier molecular flexibility index (Phi) is 5.23. The van der Waals surface area contributed by atoms with Crippen LogP contribution in [0.25, 0.3) is 0 Å². The largest absolute Gasteiger partial charge is 0.452 e. The van der Waals surface area contributed by atoms with Gasteiger partial charge in [0.05, 0.1) is 0 Å². The predicted molar refractivity (Wildman–Crippen MR) is 65.9 cm³/mol. The van der Waals surface area contributed by atoms with Gasteiger partial charge in [0.2, 0.25) is 0 Å². The summed E-state index contributed by atoms with van der Waals surface area (Å²) in [5.41, 5.74) is 0.560. The normalized spacial score (nSPS) is 10.2. The molecule has 0 aliphatic heterocycles. The number of allylic oxidation sites excluding steroid dienone is 1. The maximum Gasteiger partial charge on any atom is 0.330 e. The van der Waals surface area contributed by atoms with Crippen LogP contribution in [0.5, 0.6) is 0 Å². The molecule has 0 heterocycles. The van der Waals surface area contributed by atoms with Gasteiger partial charge in [-0.1, -0.05) is 23.7 Å². The van der Waals surface area contributed by atoms with Crippen LogP contribution in [0, 0.1) is 0 Å². The molecule has 0 bridgehead atoms. The van der Waals surface area contributed by atoms with Crippen LogP contribution in [-0.4, -0.2) is 18.5 Å². The minimum absolute atomic E-state index is 0.324. The van der Waals surface area contributed by atoms with Crippen molar-refractivity contribution in [2.75, 3.05) is 11.9 Å². The van der Waals surface area contributed by atoms with E-state index in [0.717, 1.165) is 0 Å². The second kappa shape index (κ2) is 6.70. The van der Waals surface area contributed by atoms with Gasteiger partial charge in [-0.2, -0.15) is 0 Å². The molecule has 0 aliphatic carbocycles. The lowest BCUT2D eigenvalue weighted by molar-refractivity contribution is -0.142. The first-order chi connectivity index (χ1) is 8.11. The highest BCUT2D eigenvalue weighted by Crippen LogP contribution is 2.14. The third-order valence-electron chi connectivity index (χ3n) is 1.76. The van der Waals surface area contributed by atoms with Crippen molar-refractivity contribution in [2.45, 2.75) is 6.92 Å². The Morgan fingerprint density at radius 2 is 2.24 bits per heavy atom. The molecule has 0 spiro atoms. The van der Waals surface area contributed by atoms with E-state index in [1.54, 1.807) is 31.2 Å². The van der Waals surface area contributed by atoms with Gasteiger partial charge in [-0.15, -0.1) is 0 Å². The standard InChI is InChI=1S/C12H12ClNO3/c1-2-4-12(16)17-8-11(15)14-10-6-3-5-9(13)7-10/h2-7H,8H2,1H3,(H,14,15)/b4-2+. The van der Waals surface area contributed by atoms with Gasteiger partial charge in [0.25, 0.3) is 5.91 Å². The first-order valence-corrected chi connectivity index (χ1v) is 5.34. The molecular weight excluding hydrogens is 242 g/mol. The Morgan fingerprint density at radius 1 is 1.47 bits per heavy atom. The number of carbonyl (C=O) groups excluding carboxylic acids is 2. The van der Waals surface area contributed by atoms with Gasteiger partial charge in [0.1, 0.15) is 0 Å². The van der Waals surface area contributed by atoms with Gasteiger partial charge in [-0.05, 0) is 25.1 Å². The molecular formula is C12H12ClNO3. The molecule has 0 saturated heterocycles. The molecule has 1 aromatic carbocycles. The highest BCUT2D eigenvalue weighted by molar-refractivity contribution is 6.30. The number of halogens is 1. The van der Waals surface area contributed by atoms with Crippen LogP contribution in [-0.2, 0) is 14.3 Å². The molecule has 5 heteroatoms. The Morgan fingerprint density at radius 3 is 2.88 bits per heavy atom. The van der Waals surface area contributed by atoms with Crippen molar-refractivity contribution < 1.29 is 14.3 Å². The lowest BCUT2D eigenvalue weighted by Gasteiger charge is -2.05. The summed E-state index contributed by atoms with van der Waals surface area (Å²) in [5.74, 6) is -0.959. The first-order valence-electron chi connectivity index (χ1n) is 4.96. The van der Waals surface area contributed by atoms with Crippen molar-refractivity contribution in [3.05, 3.63) is 41.4 Å². The van der Waals surface area contributed by atoms with Crippen molar-refractivity contribution >= 4 is 29.2 Å². The Balaban J connectivity index is 2.42. The molecule has 1 N–H and O–H groups in total. The van der Waals surface area contributed by atoms with E-state index < -0.39 is 11.9 Å². The van der Waals surface area contributed by atoms with E-state index in [1.165, 1.54) is 12.2 Å². The van der Waals surface area contributed by atoms with Crippen molar-refractivity contribution in [1.82, 2.24) is 0 Å². The van der Waals surface area contributed by atoms with Crippen molar-refractivity contribution in [2.24, 2.45) is 0 Å². The highest BCUT2D eigenvalue weighted by Gasteiger charge is 2.05. The third kappa shape index (κ3) is 5.17. The molecule has 1 aromatic rings. The number of hydrogen-bond donors (Lipinski definition) is 1. The van der Waals surface area contributed by atoms with E-state index in [9.17, 15) is 9.59 Å². The minimum Gasteiger partial charge on any atom is -0.452 e. The molecule has 0 unspecified atom stereocenters. The fourth-order valence-electron chi connectivity index (χ4n) is 1.08. The molecule has 1 amide bonds. The summed E-state index contributed by atoms with van der Waals surface area (Å²) in [6, 6.07) is 6.71. The number of anilines is 1. The van der Waals surface area contributed by atoms with Crippen molar-refractivity contribution in [3.63, 3.8) is 0 Å². The Bertz CT molecular complexity index is 443. The SMILES string of the molecule is C/C=C/C(=O)OCC(=O)Nc1cccc(Cl)c1. The van der Waals surface area contributed by atoms with Crippen LogP contribution in [0.4, 0.5) is 5.69 Å². The van der Waals surface area contributed by atoms with Crippen LogP contribution in [0.2, 0.25) is 5.02 Å². The van der Waals surface area contributed by atoms with E-state index in [1.807, 2.05) is 0 Å². The summed E-state index contributed by atoms with van der Waals surface area (Å²) in [6.07, 6.45) is 2.78. The van der Waals surface area contributed by atoms with Gasteiger partial charge < -0.3 is 10.1 Å². The average molecular weight is 254 g/mol. The molecule has 0 saturated carbocycles. The van der Waals surface area contributed by atoms with E-state index in [-0.39, 0.29) is 6.61 Å². The van der Waals surface area contributed by atoms with Crippen LogP contribution in [0.1, 0.15) is 6.92 Å². The summed E-state index contributed by atoms with van der Waals surface area (Å²) in [5, 5.41) is 3.08. The molecule has 90 valence electrons. The fraction of sp³-hybridized carbons (Fsp3) is 0.167. The summed E-state index contributed by atoms with van der Waals surface area (Å²) < 4.78 is 4.68. The molecule has 4 nitrogen and oxygen atoms in total. The molecule has 1 rings (SSSR count). The maximum atomic E-state index is 11.4. The van der Waals surface area contributed by atoms with Gasteiger partial charge in [0.15, 0.2) is 6.61 Å². The summed E-state index contributed by atoms with van der Waals surface area (Å²) in [6.45, 7) is 1.36. The molecule has 0 aromatic heterocycles. The van der Waals surface area contributed by atoms with Crippen LogP contribution in [0.3, 0.4) is 0 Å². The van der Waals surface area contributed by atoms with Crippen LogP contribution >= 0.6 is 11.6 Å². The zero-order valence-corrected chi connectivity index (χ0v) is 10.0. The summed E-state index contributed by atoms with van der Waals surface area (Å²) >= 11 is 5.75. The smallest absolute Gasteiger partial charge is 0.330 e. The quantitative estimate of drug-likeness (QED) is 0.662. The Hall–Kier alpha value is -1.81. The molecule has 17 heavy (non-hydrogen) atoms. The fourth-order valence-corrected chi connectivity index (χ4v) is 1.27. The molecule has 0 fully saturated rings. The minimum atomic E-state index is -0.547. The summed E-state index contributed by atoms with van der Waals surface area (Å²) in [4.78, 5) is 22.3. The highest BCUT2D eigenvalue weighted by atomic mass is 35.5. The van der Waals surface area contributed by atoms with Crippen LogP contribution < -0.4 is 5.32 Å². The predicted octanol–water partition coefficient (Wildman–Crippen LogP) is 2.40. The van der Waals surface area contributed by atoms with Gasteiger partial charge in [-0.25, -0.2) is 4.79 Å². The second-order valence-corrected chi connectivity index (χ2v) is 3.60. The monoisotopic (exact) mass is 253 g/mol. The van der Waals surface area contributed by atoms with E-state index >= 15 is 0 Å². The lowest BCUT2D eigenvalue weighted by Crippen LogP contribution is -2.20. The molecule has 0 radical (unpaired) electrons. The number of nitrogens with one attached hydrogen (secondary N) is 1. The number of hydrogen-bond acceptors (Lipinski definition) is 3. The van der Waals surface area contributed by atoms with E-state index in [0.29, 0.717) is 10.7 Å². The number of ether oxygens (including phenoxy) is 1. The lowest BCUT2D eigenvalue weighted by atomic mass is 10.3. The van der Waals surface area contributed by atoms with E-state index in [2.05, 4.69) is 10.1 Å². The number of carbonyl (C=O) groups is 2. The number of esters is 1. The molecule has 0 atom stereocenters. The topological polar surface area (TPSA) is 55.4 Å². The van der Waals surface area contributed by atoms with Crippen molar-refractivity contribution in [3.8, 4) is 0 Å².